The van der Waals surface area contributed by atoms with Crippen molar-refractivity contribution in [3.05, 3.63) is 71.3 Å². The first kappa shape index (κ1) is 21.3. The Morgan fingerprint density at radius 3 is 2.86 bits per heavy atom. The van der Waals surface area contributed by atoms with Crippen molar-refractivity contribution in [3.63, 3.8) is 0 Å². The van der Waals surface area contributed by atoms with Crippen LogP contribution in [0.1, 0.15) is 65.8 Å². The topological polar surface area (TPSA) is 96.6 Å². The van der Waals surface area contributed by atoms with Crippen LogP contribution >= 0.6 is 11.9 Å². The smallest absolute Gasteiger partial charge is 0.183 e. The number of aryl methyl sites for hydroxylation is 1. The standard InChI is InChI=1S/C27H29N7S/c28-35-24-19-6-2-1-5-18(19)15-27(24)11-9-17(10-12-27)21-16-30-23-25(31-21)32-33-26(23)34-14-4-7-20-22(34)8-3-13-29-20/h1-3,5-6,8,13,16-17,24H,4,7,9-12,14-15,28H2,(H,31,32,33)/t17-,24?,27+. The van der Waals surface area contributed by atoms with Crippen LogP contribution in [0.15, 0.2) is 48.8 Å². The van der Waals surface area contributed by atoms with E-state index >= 15 is 0 Å². The monoisotopic (exact) mass is 483 g/mol. The van der Waals surface area contributed by atoms with Gasteiger partial charge in [0, 0.05) is 24.9 Å². The van der Waals surface area contributed by atoms with Gasteiger partial charge in [-0.25, -0.2) is 9.97 Å². The molecule has 0 saturated heterocycles. The van der Waals surface area contributed by atoms with Gasteiger partial charge in [0.1, 0.15) is 0 Å². The first-order valence-corrected chi connectivity index (χ1v) is 13.6. The molecule has 7 rings (SSSR count). The van der Waals surface area contributed by atoms with Gasteiger partial charge in [-0.05, 0) is 73.6 Å². The molecule has 8 heteroatoms. The van der Waals surface area contributed by atoms with Gasteiger partial charge in [-0.2, -0.15) is 5.10 Å². The molecule has 3 aromatic heterocycles. The number of H-pyrrole nitrogens is 1. The minimum Gasteiger partial charge on any atom is -0.321 e. The predicted octanol–water partition coefficient (Wildman–Crippen LogP) is 5.38. The number of nitrogens with two attached hydrogens (primary N) is 1. The molecule has 4 heterocycles. The van der Waals surface area contributed by atoms with Crippen molar-refractivity contribution in [1.82, 2.24) is 25.1 Å². The Kier molecular flexibility index (Phi) is 5.06. The Morgan fingerprint density at radius 1 is 1.09 bits per heavy atom. The highest BCUT2D eigenvalue weighted by atomic mass is 32.2. The minimum atomic E-state index is 0.272. The van der Waals surface area contributed by atoms with E-state index in [0.29, 0.717) is 11.2 Å². The number of benzene rings is 1. The summed E-state index contributed by atoms with van der Waals surface area (Å²) in [6, 6.07) is 13.0. The highest BCUT2D eigenvalue weighted by Gasteiger charge is 2.48. The molecule has 0 radical (unpaired) electrons. The van der Waals surface area contributed by atoms with E-state index in [2.05, 4.69) is 50.4 Å². The van der Waals surface area contributed by atoms with E-state index in [9.17, 15) is 0 Å². The van der Waals surface area contributed by atoms with Crippen LogP contribution in [0.25, 0.3) is 11.2 Å². The Balaban J connectivity index is 1.13. The number of hydrogen-bond donors (Lipinski definition) is 2. The molecule has 1 unspecified atom stereocenters. The zero-order valence-corrected chi connectivity index (χ0v) is 20.5. The molecule has 3 N–H and O–H groups in total. The molecule has 1 fully saturated rings. The van der Waals surface area contributed by atoms with E-state index in [4.69, 9.17) is 15.1 Å². The maximum absolute atomic E-state index is 6.23. The molecule has 1 aromatic carbocycles. The van der Waals surface area contributed by atoms with Crippen LogP contribution in [-0.4, -0.2) is 31.7 Å². The zero-order valence-electron chi connectivity index (χ0n) is 19.7. The molecule has 1 atom stereocenters. The molecule has 0 bridgehead atoms. The highest BCUT2D eigenvalue weighted by molar-refractivity contribution is 7.97. The van der Waals surface area contributed by atoms with Crippen LogP contribution in [0.5, 0.6) is 0 Å². The number of rotatable bonds is 3. The van der Waals surface area contributed by atoms with Gasteiger partial charge in [0.25, 0.3) is 0 Å². The molecule has 1 saturated carbocycles. The van der Waals surface area contributed by atoms with Crippen LogP contribution in [0, 0.1) is 5.41 Å². The molecule has 1 aliphatic heterocycles. The van der Waals surface area contributed by atoms with Crippen molar-refractivity contribution < 1.29 is 0 Å². The van der Waals surface area contributed by atoms with E-state index in [-0.39, 0.29) is 5.41 Å². The SMILES string of the molecule is NSC1c2ccccc2C[C@]12CC[C@H](c1cnc3c(N4CCCc5ncccc54)n[nH]c3n1)CC2. The summed E-state index contributed by atoms with van der Waals surface area (Å²) in [6.45, 7) is 0.912. The number of aromatic amines is 1. The highest BCUT2D eigenvalue weighted by Crippen LogP contribution is 2.60. The van der Waals surface area contributed by atoms with Crippen LogP contribution in [-0.2, 0) is 12.8 Å². The number of nitrogens with one attached hydrogen (secondary N) is 1. The number of fused-ring (bicyclic) bond motifs is 3. The first-order chi connectivity index (χ1) is 17.3. The summed E-state index contributed by atoms with van der Waals surface area (Å²) in [4.78, 5) is 16.7. The van der Waals surface area contributed by atoms with Crippen LogP contribution in [0.4, 0.5) is 11.5 Å². The van der Waals surface area contributed by atoms with Crippen molar-refractivity contribution in [1.29, 1.82) is 0 Å². The quantitative estimate of drug-likeness (QED) is 0.378. The molecule has 1 spiro atoms. The summed E-state index contributed by atoms with van der Waals surface area (Å²) in [5.74, 6) is 1.28. The van der Waals surface area contributed by atoms with Crippen LogP contribution < -0.4 is 10.0 Å². The van der Waals surface area contributed by atoms with Gasteiger partial charge in [-0.15, -0.1) is 0 Å². The van der Waals surface area contributed by atoms with E-state index in [1.165, 1.54) is 24.0 Å². The molecule has 2 aliphatic carbocycles. The zero-order chi connectivity index (χ0) is 23.4. The average molecular weight is 484 g/mol. The van der Waals surface area contributed by atoms with E-state index in [0.717, 1.165) is 72.7 Å². The number of pyridine rings is 1. The summed E-state index contributed by atoms with van der Waals surface area (Å²) in [7, 11) is 0. The van der Waals surface area contributed by atoms with Gasteiger partial charge >= 0.3 is 0 Å². The van der Waals surface area contributed by atoms with E-state index < -0.39 is 0 Å². The summed E-state index contributed by atoms with van der Waals surface area (Å²) in [6.07, 6.45) is 11.6. The Labute approximate surface area is 209 Å². The summed E-state index contributed by atoms with van der Waals surface area (Å²) < 4.78 is 0. The van der Waals surface area contributed by atoms with E-state index in [1.54, 1.807) is 11.9 Å². The van der Waals surface area contributed by atoms with Crippen molar-refractivity contribution in [2.24, 2.45) is 10.6 Å². The van der Waals surface area contributed by atoms with Crippen LogP contribution in [0.3, 0.4) is 0 Å². The van der Waals surface area contributed by atoms with Gasteiger partial charge in [0.05, 0.1) is 22.3 Å². The van der Waals surface area contributed by atoms with Gasteiger partial charge < -0.3 is 4.90 Å². The third-order valence-electron chi connectivity index (χ3n) is 8.45. The number of aromatic nitrogens is 5. The average Bonchev–Trinajstić information content (AvgIpc) is 3.46. The number of hydrogen-bond acceptors (Lipinski definition) is 7. The summed E-state index contributed by atoms with van der Waals surface area (Å²) >= 11 is 1.54. The second-order valence-corrected chi connectivity index (χ2v) is 11.0. The van der Waals surface area contributed by atoms with Gasteiger partial charge in [0.2, 0.25) is 0 Å². The Bertz CT molecular complexity index is 1390. The second-order valence-electron chi connectivity index (χ2n) is 10.3. The Hall–Kier alpha value is -2.97. The lowest BCUT2D eigenvalue weighted by atomic mass is 9.68. The summed E-state index contributed by atoms with van der Waals surface area (Å²) in [5.41, 5.74) is 8.14. The lowest BCUT2D eigenvalue weighted by Gasteiger charge is -2.41. The fraction of sp³-hybridized carbons (Fsp3) is 0.407. The molecule has 0 amide bonds. The Morgan fingerprint density at radius 2 is 1.97 bits per heavy atom. The minimum absolute atomic E-state index is 0.272. The maximum Gasteiger partial charge on any atom is 0.183 e. The van der Waals surface area contributed by atoms with Crippen molar-refractivity contribution in [2.75, 3.05) is 11.4 Å². The van der Waals surface area contributed by atoms with Gasteiger partial charge in [0.15, 0.2) is 17.0 Å². The lowest BCUT2D eigenvalue weighted by molar-refractivity contribution is 0.181. The van der Waals surface area contributed by atoms with Gasteiger partial charge in [-0.3, -0.25) is 15.2 Å². The molecule has 7 nitrogen and oxygen atoms in total. The third-order valence-corrected chi connectivity index (χ3v) is 9.48. The fourth-order valence-corrected chi connectivity index (χ4v) is 7.68. The lowest BCUT2D eigenvalue weighted by Crippen LogP contribution is -2.30. The van der Waals surface area contributed by atoms with E-state index in [1.807, 2.05) is 18.5 Å². The molecular weight excluding hydrogens is 454 g/mol. The molecule has 4 aromatic rings. The third kappa shape index (κ3) is 3.37. The van der Waals surface area contributed by atoms with Crippen molar-refractivity contribution in [3.8, 4) is 0 Å². The first-order valence-electron chi connectivity index (χ1n) is 12.6. The maximum atomic E-state index is 6.23. The van der Waals surface area contributed by atoms with Crippen LogP contribution in [0.2, 0.25) is 0 Å². The van der Waals surface area contributed by atoms with Crippen molar-refractivity contribution in [2.45, 2.75) is 56.1 Å². The second kappa shape index (κ2) is 8.31. The molecule has 3 aliphatic rings. The summed E-state index contributed by atoms with van der Waals surface area (Å²) in [5, 5.41) is 14.4. The number of anilines is 2. The largest absolute Gasteiger partial charge is 0.321 e. The normalized spacial score (nSPS) is 25.7. The van der Waals surface area contributed by atoms with Crippen molar-refractivity contribution >= 4 is 34.6 Å². The fourth-order valence-electron chi connectivity index (χ4n) is 6.70. The van der Waals surface area contributed by atoms with Gasteiger partial charge in [-0.1, -0.05) is 36.2 Å². The molecule has 35 heavy (non-hydrogen) atoms. The predicted molar refractivity (Wildman–Crippen MR) is 140 cm³/mol. The molecule has 178 valence electrons. The number of nitrogens with zero attached hydrogens (tertiary/aromatic N) is 5. The molecular formula is C27H29N7S.